The Bertz CT molecular complexity index is 409. The average molecular weight is 377 g/mol. The first-order valence-electron chi connectivity index (χ1n) is 6.39. The molecule has 0 bridgehead atoms. The Kier molecular flexibility index (Phi) is 5.10. The molecule has 1 aromatic carbocycles. The molecule has 100 valence electrons. The molecule has 0 radical (unpaired) electrons. The number of nitrogens with one attached hydrogen (secondary N) is 1. The van der Waals surface area contributed by atoms with Crippen LogP contribution in [0, 0.1) is 5.92 Å². The standard InChI is InChI=1S/C14H19Br2NO/c1-9(2)14-8-11(5-6-18-14)17-13-4-3-10(15)7-12(13)16/h3-4,7,9,11,14,17H,5-6,8H2,1-2H3. The second kappa shape index (κ2) is 6.40. The topological polar surface area (TPSA) is 21.3 Å². The molecule has 2 nitrogen and oxygen atoms in total. The van der Waals surface area contributed by atoms with Crippen LogP contribution in [-0.4, -0.2) is 18.8 Å². The summed E-state index contributed by atoms with van der Waals surface area (Å²) in [6.45, 7) is 5.31. The van der Waals surface area contributed by atoms with E-state index in [-0.39, 0.29) is 0 Å². The van der Waals surface area contributed by atoms with Gasteiger partial charge in [-0.1, -0.05) is 29.8 Å². The molecule has 1 aromatic rings. The SMILES string of the molecule is CC(C)C1CC(Nc2ccc(Br)cc2Br)CCO1. The van der Waals surface area contributed by atoms with E-state index in [0.29, 0.717) is 18.1 Å². The molecule has 1 aliphatic heterocycles. The fourth-order valence-corrected chi connectivity index (χ4v) is 3.41. The van der Waals surface area contributed by atoms with Gasteiger partial charge in [-0.05, 0) is 52.9 Å². The van der Waals surface area contributed by atoms with Gasteiger partial charge in [-0.25, -0.2) is 0 Å². The highest BCUT2D eigenvalue weighted by Gasteiger charge is 2.25. The summed E-state index contributed by atoms with van der Waals surface area (Å²) in [5.74, 6) is 0.586. The first-order valence-corrected chi connectivity index (χ1v) is 7.98. The Balaban J connectivity index is 2.00. The molecular weight excluding hydrogens is 358 g/mol. The van der Waals surface area contributed by atoms with Gasteiger partial charge in [0.15, 0.2) is 0 Å². The van der Waals surface area contributed by atoms with Crippen LogP contribution in [0.3, 0.4) is 0 Å². The molecule has 4 heteroatoms. The highest BCUT2D eigenvalue weighted by molar-refractivity contribution is 9.11. The van der Waals surface area contributed by atoms with Crippen molar-refractivity contribution in [2.24, 2.45) is 5.92 Å². The van der Waals surface area contributed by atoms with Crippen LogP contribution in [0.4, 0.5) is 5.69 Å². The minimum Gasteiger partial charge on any atom is -0.381 e. The second-order valence-electron chi connectivity index (χ2n) is 5.14. The average Bonchev–Trinajstić information content (AvgIpc) is 2.33. The Morgan fingerprint density at radius 1 is 1.33 bits per heavy atom. The lowest BCUT2D eigenvalue weighted by molar-refractivity contribution is -0.0160. The fraction of sp³-hybridized carbons (Fsp3) is 0.571. The molecular formula is C14H19Br2NO. The van der Waals surface area contributed by atoms with Gasteiger partial charge in [0, 0.05) is 27.3 Å². The summed E-state index contributed by atoms with van der Waals surface area (Å²) in [6.07, 6.45) is 2.54. The van der Waals surface area contributed by atoms with Gasteiger partial charge in [0.05, 0.1) is 6.10 Å². The van der Waals surface area contributed by atoms with Crippen molar-refractivity contribution in [2.45, 2.75) is 38.8 Å². The quantitative estimate of drug-likeness (QED) is 0.815. The summed E-state index contributed by atoms with van der Waals surface area (Å²) < 4.78 is 7.99. The van der Waals surface area contributed by atoms with Gasteiger partial charge in [-0.2, -0.15) is 0 Å². The maximum Gasteiger partial charge on any atom is 0.0617 e. The summed E-state index contributed by atoms with van der Waals surface area (Å²) in [4.78, 5) is 0. The van der Waals surface area contributed by atoms with Crippen LogP contribution in [-0.2, 0) is 4.74 Å². The molecule has 2 unspecified atom stereocenters. The normalized spacial score (nSPS) is 24.3. The predicted molar refractivity (Wildman–Crippen MR) is 83.1 cm³/mol. The van der Waals surface area contributed by atoms with Gasteiger partial charge >= 0.3 is 0 Å². The van der Waals surface area contributed by atoms with Crippen LogP contribution in [0.25, 0.3) is 0 Å². The van der Waals surface area contributed by atoms with Gasteiger partial charge in [-0.3, -0.25) is 0 Å². The van der Waals surface area contributed by atoms with E-state index in [4.69, 9.17) is 4.74 Å². The second-order valence-corrected chi connectivity index (χ2v) is 6.91. The molecule has 0 aliphatic carbocycles. The molecule has 1 aliphatic rings. The van der Waals surface area contributed by atoms with E-state index in [0.717, 1.165) is 34.1 Å². The highest BCUT2D eigenvalue weighted by Crippen LogP contribution is 2.29. The van der Waals surface area contributed by atoms with Crippen LogP contribution < -0.4 is 5.32 Å². The minimum atomic E-state index is 0.380. The molecule has 0 aromatic heterocycles. The zero-order valence-corrected chi connectivity index (χ0v) is 13.9. The summed E-state index contributed by atoms with van der Waals surface area (Å²) in [5.41, 5.74) is 1.16. The summed E-state index contributed by atoms with van der Waals surface area (Å²) >= 11 is 7.07. The number of ether oxygens (including phenoxy) is 1. The maximum absolute atomic E-state index is 5.80. The summed E-state index contributed by atoms with van der Waals surface area (Å²) in [5, 5.41) is 3.61. The van der Waals surface area contributed by atoms with E-state index in [1.165, 1.54) is 0 Å². The number of benzene rings is 1. The van der Waals surface area contributed by atoms with E-state index < -0.39 is 0 Å². The molecule has 1 fully saturated rings. The van der Waals surface area contributed by atoms with Gasteiger partial charge in [0.1, 0.15) is 0 Å². The number of hydrogen-bond donors (Lipinski definition) is 1. The van der Waals surface area contributed by atoms with Crippen LogP contribution in [0.15, 0.2) is 27.1 Å². The lowest BCUT2D eigenvalue weighted by Crippen LogP contribution is -2.36. The lowest BCUT2D eigenvalue weighted by atomic mass is 9.95. The van der Waals surface area contributed by atoms with Crippen molar-refractivity contribution in [3.05, 3.63) is 27.1 Å². The molecule has 0 saturated carbocycles. The molecule has 0 amide bonds. The van der Waals surface area contributed by atoms with Crippen molar-refractivity contribution in [2.75, 3.05) is 11.9 Å². The number of hydrogen-bond acceptors (Lipinski definition) is 2. The van der Waals surface area contributed by atoms with Crippen LogP contribution in [0.5, 0.6) is 0 Å². The van der Waals surface area contributed by atoms with Crippen molar-refractivity contribution < 1.29 is 4.74 Å². The van der Waals surface area contributed by atoms with Crippen LogP contribution >= 0.6 is 31.9 Å². The molecule has 0 spiro atoms. The molecule has 1 saturated heterocycles. The first kappa shape index (κ1) is 14.4. The third kappa shape index (κ3) is 3.72. The van der Waals surface area contributed by atoms with Gasteiger partial charge in [0.2, 0.25) is 0 Å². The zero-order chi connectivity index (χ0) is 13.1. The molecule has 2 rings (SSSR count). The van der Waals surface area contributed by atoms with Crippen molar-refractivity contribution >= 4 is 37.5 Å². The summed E-state index contributed by atoms with van der Waals surface area (Å²) in [6, 6.07) is 6.74. The van der Waals surface area contributed by atoms with E-state index in [1.54, 1.807) is 0 Å². The smallest absolute Gasteiger partial charge is 0.0617 e. The largest absolute Gasteiger partial charge is 0.381 e. The Morgan fingerprint density at radius 2 is 2.11 bits per heavy atom. The molecule has 2 atom stereocenters. The predicted octanol–water partition coefficient (Wildman–Crippen LogP) is 4.83. The Morgan fingerprint density at radius 3 is 2.78 bits per heavy atom. The van der Waals surface area contributed by atoms with Gasteiger partial charge in [0.25, 0.3) is 0 Å². The monoisotopic (exact) mass is 375 g/mol. The van der Waals surface area contributed by atoms with Crippen LogP contribution in [0.1, 0.15) is 26.7 Å². The van der Waals surface area contributed by atoms with Crippen molar-refractivity contribution in [3.8, 4) is 0 Å². The van der Waals surface area contributed by atoms with Crippen molar-refractivity contribution in [1.82, 2.24) is 0 Å². The summed E-state index contributed by atoms with van der Waals surface area (Å²) in [7, 11) is 0. The Labute approximate surface area is 126 Å². The molecule has 1 heterocycles. The van der Waals surface area contributed by atoms with Crippen molar-refractivity contribution in [1.29, 1.82) is 0 Å². The van der Waals surface area contributed by atoms with E-state index >= 15 is 0 Å². The molecule has 18 heavy (non-hydrogen) atoms. The van der Waals surface area contributed by atoms with Crippen LogP contribution in [0.2, 0.25) is 0 Å². The third-order valence-electron chi connectivity index (χ3n) is 3.35. The number of anilines is 1. The lowest BCUT2D eigenvalue weighted by Gasteiger charge is -2.33. The highest BCUT2D eigenvalue weighted by atomic mass is 79.9. The maximum atomic E-state index is 5.80. The van der Waals surface area contributed by atoms with E-state index in [9.17, 15) is 0 Å². The van der Waals surface area contributed by atoms with Gasteiger partial charge < -0.3 is 10.1 Å². The third-order valence-corrected chi connectivity index (χ3v) is 4.50. The number of rotatable bonds is 3. The number of halogens is 2. The fourth-order valence-electron chi connectivity index (χ4n) is 2.25. The minimum absolute atomic E-state index is 0.380. The van der Waals surface area contributed by atoms with E-state index in [1.807, 2.05) is 0 Å². The zero-order valence-electron chi connectivity index (χ0n) is 10.7. The van der Waals surface area contributed by atoms with E-state index in [2.05, 4.69) is 69.2 Å². The van der Waals surface area contributed by atoms with Gasteiger partial charge in [-0.15, -0.1) is 0 Å². The van der Waals surface area contributed by atoms with Crippen molar-refractivity contribution in [3.63, 3.8) is 0 Å². The molecule has 1 N–H and O–H groups in total. The Hall–Kier alpha value is -0.0600. The first-order chi connectivity index (χ1) is 8.56.